The highest BCUT2D eigenvalue weighted by atomic mass is 16.5. The van der Waals surface area contributed by atoms with Gasteiger partial charge in [-0.15, -0.1) is 0 Å². The van der Waals surface area contributed by atoms with Gasteiger partial charge in [-0.3, -0.25) is 4.98 Å². The number of aryl methyl sites for hydroxylation is 2. The van der Waals surface area contributed by atoms with Gasteiger partial charge in [0.2, 0.25) is 0 Å². The normalized spacial score (nSPS) is 18.0. The number of rotatable bonds is 2. The molecule has 0 bridgehead atoms. The number of amides is 2. The lowest BCUT2D eigenvalue weighted by Gasteiger charge is -2.34. The number of likely N-dealkylation sites (tertiary alicyclic amines) is 1. The highest BCUT2D eigenvalue weighted by Crippen LogP contribution is 2.30. The van der Waals surface area contributed by atoms with Crippen molar-refractivity contribution in [3.8, 4) is 11.1 Å². The van der Waals surface area contributed by atoms with Crippen molar-refractivity contribution in [3.05, 3.63) is 35.5 Å². The molecule has 0 radical (unpaired) electrons. The topological polar surface area (TPSA) is 71.3 Å². The Morgan fingerprint density at radius 1 is 1.31 bits per heavy atom. The molecule has 3 rings (SSSR count). The van der Waals surface area contributed by atoms with Crippen molar-refractivity contribution in [1.29, 1.82) is 0 Å². The number of hydrogen-bond acceptors (Lipinski definition) is 4. The molecule has 1 fully saturated rings. The minimum Gasteiger partial charge on any atom is -0.361 e. The van der Waals surface area contributed by atoms with Crippen LogP contribution in [0.2, 0.25) is 0 Å². The van der Waals surface area contributed by atoms with Crippen LogP contribution >= 0.6 is 0 Å². The van der Waals surface area contributed by atoms with E-state index in [1.54, 1.807) is 0 Å². The summed E-state index contributed by atoms with van der Waals surface area (Å²) in [6.45, 7) is 11.4. The molecule has 0 aromatic carbocycles. The summed E-state index contributed by atoms with van der Waals surface area (Å²) in [6, 6.07) is 4.15. The average Bonchev–Trinajstić information content (AvgIpc) is 2.92. The predicted molar refractivity (Wildman–Crippen MR) is 101 cm³/mol. The van der Waals surface area contributed by atoms with Gasteiger partial charge in [0, 0.05) is 47.6 Å². The van der Waals surface area contributed by atoms with Crippen LogP contribution in [-0.4, -0.2) is 39.7 Å². The zero-order valence-electron chi connectivity index (χ0n) is 16.3. The Hall–Kier alpha value is -2.37. The molecule has 0 saturated carbocycles. The molecule has 140 valence electrons. The molecule has 0 spiro atoms. The van der Waals surface area contributed by atoms with Crippen molar-refractivity contribution in [3.63, 3.8) is 0 Å². The van der Waals surface area contributed by atoms with Crippen molar-refractivity contribution in [1.82, 2.24) is 20.4 Å². The van der Waals surface area contributed by atoms with E-state index in [4.69, 9.17) is 4.52 Å². The van der Waals surface area contributed by atoms with E-state index in [0.717, 1.165) is 47.7 Å². The summed E-state index contributed by atoms with van der Waals surface area (Å²) >= 11 is 0. The van der Waals surface area contributed by atoms with Crippen LogP contribution in [0.5, 0.6) is 0 Å². The molecule has 1 unspecified atom stereocenters. The minimum atomic E-state index is -0.224. The van der Waals surface area contributed by atoms with Gasteiger partial charge in [0.25, 0.3) is 0 Å². The molecule has 2 aromatic heterocycles. The molecule has 2 amide bonds. The van der Waals surface area contributed by atoms with Gasteiger partial charge in [-0.25, -0.2) is 4.79 Å². The van der Waals surface area contributed by atoms with Crippen molar-refractivity contribution in [2.45, 2.75) is 58.9 Å². The lowest BCUT2D eigenvalue weighted by atomic mass is 9.93. The lowest BCUT2D eigenvalue weighted by Crippen LogP contribution is -2.51. The number of aromatic nitrogens is 2. The zero-order valence-corrected chi connectivity index (χ0v) is 16.3. The van der Waals surface area contributed by atoms with Crippen LogP contribution in [0.1, 0.15) is 56.7 Å². The maximum Gasteiger partial charge on any atom is 0.317 e. The summed E-state index contributed by atoms with van der Waals surface area (Å²) in [5, 5.41) is 7.06. The number of pyridine rings is 1. The van der Waals surface area contributed by atoms with Crippen LogP contribution in [0.4, 0.5) is 4.79 Å². The van der Waals surface area contributed by atoms with Crippen molar-refractivity contribution in [2.75, 3.05) is 13.1 Å². The molecule has 26 heavy (non-hydrogen) atoms. The second-order valence-electron chi connectivity index (χ2n) is 8.14. The fraction of sp³-hybridized carbons (Fsp3) is 0.550. The molecular weight excluding hydrogens is 328 g/mol. The molecule has 1 N–H and O–H groups in total. The van der Waals surface area contributed by atoms with Gasteiger partial charge in [0.1, 0.15) is 5.76 Å². The molecule has 6 nitrogen and oxygen atoms in total. The maximum atomic E-state index is 12.5. The summed E-state index contributed by atoms with van der Waals surface area (Å²) in [6.07, 6.45) is 3.93. The Labute approximate surface area is 155 Å². The number of urea groups is 1. The molecule has 1 aliphatic rings. The number of nitrogens with one attached hydrogen (secondary N) is 1. The Morgan fingerprint density at radius 2 is 2.08 bits per heavy atom. The molecule has 1 aliphatic heterocycles. The van der Waals surface area contributed by atoms with E-state index in [2.05, 4.69) is 27.6 Å². The largest absolute Gasteiger partial charge is 0.361 e. The summed E-state index contributed by atoms with van der Waals surface area (Å²) in [7, 11) is 0. The van der Waals surface area contributed by atoms with Crippen LogP contribution in [0.3, 0.4) is 0 Å². The Morgan fingerprint density at radius 3 is 2.65 bits per heavy atom. The first kappa shape index (κ1) is 18.4. The van der Waals surface area contributed by atoms with Gasteiger partial charge in [-0.05, 0) is 53.5 Å². The molecule has 0 aliphatic carbocycles. The quantitative estimate of drug-likeness (QED) is 0.881. The van der Waals surface area contributed by atoms with Crippen LogP contribution in [0.25, 0.3) is 11.1 Å². The summed E-state index contributed by atoms with van der Waals surface area (Å²) < 4.78 is 5.25. The smallest absolute Gasteiger partial charge is 0.317 e. The van der Waals surface area contributed by atoms with Crippen LogP contribution < -0.4 is 5.32 Å². The van der Waals surface area contributed by atoms with Gasteiger partial charge in [0.05, 0.1) is 5.69 Å². The SMILES string of the molecule is Cc1noc(C)c1-c1ccc(C2CCCN(C(=O)NC(C)(C)C)C2)nc1. The van der Waals surface area contributed by atoms with E-state index in [-0.39, 0.29) is 17.5 Å². The zero-order chi connectivity index (χ0) is 18.9. The van der Waals surface area contributed by atoms with E-state index in [0.29, 0.717) is 6.54 Å². The van der Waals surface area contributed by atoms with Crippen molar-refractivity contribution in [2.24, 2.45) is 0 Å². The van der Waals surface area contributed by atoms with Gasteiger partial charge in [0.15, 0.2) is 0 Å². The number of nitrogens with zero attached hydrogens (tertiary/aromatic N) is 3. The fourth-order valence-electron chi connectivity index (χ4n) is 3.49. The number of carbonyl (C=O) groups excluding carboxylic acids is 1. The van der Waals surface area contributed by atoms with E-state index in [9.17, 15) is 4.79 Å². The first-order valence-corrected chi connectivity index (χ1v) is 9.21. The number of piperidine rings is 1. The summed E-state index contributed by atoms with van der Waals surface area (Å²) in [5.74, 6) is 1.08. The monoisotopic (exact) mass is 356 g/mol. The fourth-order valence-corrected chi connectivity index (χ4v) is 3.49. The van der Waals surface area contributed by atoms with E-state index >= 15 is 0 Å². The second-order valence-corrected chi connectivity index (χ2v) is 8.14. The first-order chi connectivity index (χ1) is 12.2. The second kappa shape index (κ2) is 7.09. The van der Waals surface area contributed by atoms with E-state index < -0.39 is 0 Å². The van der Waals surface area contributed by atoms with E-state index in [1.165, 1.54) is 0 Å². The standard InChI is InChI=1S/C20H28N4O2/c1-13-18(14(2)26-23-13)15-8-9-17(21-11-15)16-7-6-10-24(12-16)19(25)22-20(3,4)5/h8-9,11,16H,6-7,10,12H2,1-5H3,(H,22,25). The molecule has 3 heterocycles. The third-order valence-electron chi connectivity index (χ3n) is 4.72. The third-order valence-corrected chi connectivity index (χ3v) is 4.72. The highest BCUT2D eigenvalue weighted by Gasteiger charge is 2.27. The maximum absolute atomic E-state index is 12.5. The molecule has 2 aromatic rings. The Balaban J connectivity index is 1.72. The number of carbonyl (C=O) groups is 1. The van der Waals surface area contributed by atoms with Gasteiger partial charge >= 0.3 is 6.03 Å². The number of hydrogen-bond donors (Lipinski definition) is 1. The predicted octanol–water partition coefficient (Wildman–Crippen LogP) is 4.04. The van der Waals surface area contributed by atoms with Crippen LogP contribution in [0.15, 0.2) is 22.9 Å². The van der Waals surface area contributed by atoms with Crippen LogP contribution in [-0.2, 0) is 0 Å². The van der Waals surface area contributed by atoms with Gasteiger partial charge in [-0.1, -0.05) is 11.2 Å². The molecule has 1 saturated heterocycles. The van der Waals surface area contributed by atoms with E-state index in [1.807, 2.05) is 45.7 Å². The minimum absolute atomic E-state index is 0.00883. The Kier molecular flexibility index (Phi) is 5.03. The lowest BCUT2D eigenvalue weighted by molar-refractivity contribution is 0.171. The highest BCUT2D eigenvalue weighted by molar-refractivity contribution is 5.75. The van der Waals surface area contributed by atoms with Crippen molar-refractivity contribution < 1.29 is 9.32 Å². The van der Waals surface area contributed by atoms with Crippen LogP contribution in [0, 0.1) is 13.8 Å². The summed E-state index contributed by atoms with van der Waals surface area (Å²) in [5.41, 5.74) is 3.72. The van der Waals surface area contributed by atoms with Gasteiger partial charge < -0.3 is 14.7 Å². The van der Waals surface area contributed by atoms with Gasteiger partial charge in [-0.2, -0.15) is 0 Å². The molecule has 1 atom stereocenters. The van der Waals surface area contributed by atoms with Crippen molar-refractivity contribution >= 4 is 6.03 Å². The molecule has 6 heteroatoms. The summed E-state index contributed by atoms with van der Waals surface area (Å²) in [4.78, 5) is 19.0. The Bertz CT molecular complexity index is 755. The molecular formula is C20H28N4O2. The average molecular weight is 356 g/mol. The third kappa shape index (κ3) is 4.06. The first-order valence-electron chi connectivity index (χ1n) is 9.21.